The number of benzene rings is 1. The van der Waals surface area contributed by atoms with Crippen LogP contribution in [0.4, 0.5) is 11.5 Å². The molecule has 6 heteroatoms. The van der Waals surface area contributed by atoms with E-state index in [1.807, 2.05) is 12.3 Å². The molecule has 5 nitrogen and oxygen atoms in total. The highest BCUT2D eigenvalue weighted by atomic mass is 35.5. The van der Waals surface area contributed by atoms with E-state index in [4.69, 9.17) is 16.0 Å². The van der Waals surface area contributed by atoms with Gasteiger partial charge in [-0.15, -0.1) is 0 Å². The standard InChI is InChI=1S/C20H16ClN3O2/c1-2-12-8-13-9-17(24-19(13)22-11-12)15-10-14(5-6-16(15)21)23-20(25)18-4-3-7-26-18/h3-8,10-11H,2,9H2,1H3,(H,23,25). The molecule has 3 heterocycles. The number of anilines is 1. The zero-order valence-corrected chi connectivity index (χ0v) is 14.9. The number of halogens is 1. The molecule has 1 aliphatic heterocycles. The number of rotatable bonds is 4. The number of pyridine rings is 1. The van der Waals surface area contributed by atoms with Gasteiger partial charge in [-0.25, -0.2) is 9.98 Å². The number of aliphatic imine (C=N–C) groups is 1. The number of carbonyl (C=O) groups is 1. The third-order valence-corrected chi connectivity index (χ3v) is 4.62. The van der Waals surface area contributed by atoms with Crippen molar-refractivity contribution in [2.24, 2.45) is 4.99 Å². The monoisotopic (exact) mass is 365 g/mol. The first-order chi connectivity index (χ1) is 12.6. The fraction of sp³-hybridized carbons (Fsp3) is 0.150. The molecule has 2 aromatic heterocycles. The predicted octanol–water partition coefficient (Wildman–Crippen LogP) is 4.82. The smallest absolute Gasteiger partial charge is 0.291 e. The van der Waals surface area contributed by atoms with Crippen LogP contribution >= 0.6 is 11.6 Å². The van der Waals surface area contributed by atoms with Crippen molar-refractivity contribution in [2.75, 3.05) is 5.32 Å². The second-order valence-electron chi connectivity index (χ2n) is 6.04. The number of nitrogens with zero attached hydrogens (tertiary/aromatic N) is 2. The van der Waals surface area contributed by atoms with Crippen molar-refractivity contribution in [1.29, 1.82) is 0 Å². The third-order valence-electron chi connectivity index (χ3n) is 4.29. The summed E-state index contributed by atoms with van der Waals surface area (Å²) in [6, 6.07) is 10.8. The summed E-state index contributed by atoms with van der Waals surface area (Å²) in [4.78, 5) is 21.2. The normalized spacial score (nSPS) is 12.6. The van der Waals surface area contributed by atoms with Crippen LogP contribution in [0.2, 0.25) is 5.02 Å². The molecule has 4 rings (SSSR count). The Morgan fingerprint density at radius 2 is 2.19 bits per heavy atom. The van der Waals surface area contributed by atoms with Crippen molar-refractivity contribution in [3.63, 3.8) is 0 Å². The summed E-state index contributed by atoms with van der Waals surface area (Å²) >= 11 is 6.38. The van der Waals surface area contributed by atoms with Crippen LogP contribution in [0.3, 0.4) is 0 Å². The summed E-state index contributed by atoms with van der Waals surface area (Å²) in [5, 5.41) is 3.40. The van der Waals surface area contributed by atoms with Gasteiger partial charge in [-0.1, -0.05) is 24.6 Å². The lowest BCUT2D eigenvalue weighted by atomic mass is 10.0. The number of hydrogen-bond donors (Lipinski definition) is 1. The van der Waals surface area contributed by atoms with Crippen molar-refractivity contribution in [1.82, 2.24) is 4.98 Å². The molecule has 0 saturated carbocycles. The van der Waals surface area contributed by atoms with Crippen molar-refractivity contribution in [2.45, 2.75) is 19.8 Å². The van der Waals surface area contributed by atoms with Crippen LogP contribution in [0.25, 0.3) is 0 Å². The molecule has 0 saturated heterocycles. The molecule has 0 fully saturated rings. The first-order valence-electron chi connectivity index (χ1n) is 8.34. The lowest BCUT2D eigenvalue weighted by molar-refractivity contribution is 0.0996. The Labute approximate surface area is 155 Å². The Morgan fingerprint density at radius 1 is 1.31 bits per heavy atom. The molecule has 1 amide bonds. The van der Waals surface area contributed by atoms with Crippen LogP contribution in [0, 0.1) is 0 Å². The second kappa shape index (κ2) is 6.77. The minimum Gasteiger partial charge on any atom is -0.459 e. The number of aryl methyl sites for hydroxylation is 1. The van der Waals surface area contributed by atoms with Crippen LogP contribution in [0.1, 0.15) is 34.2 Å². The van der Waals surface area contributed by atoms with Gasteiger partial charge in [0.25, 0.3) is 5.91 Å². The first-order valence-corrected chi connectivity index (χ1v) is 8.72. The minimum absolute atomic E-state index is 0.253. The molecule has 0 aliphatic carbocycles. The molecule has 1 aromatic carbocycles. The largest absolute Gasteiger partial charge is 0.459 e. The topological polar surface area (TPSA) is 67.5 Å². The Hall–Kier alpha value is -2.92. The van der Waals surface area contributed by atoms with Gasteiger partial charge in [-0.05, 0) is 42.3 Å². The van der Waals surface area contributed by atoms with Crippen molar-refractivity contribution in [3.05, 3.63) is 76.3 Å². The van der Waals surface area contributed by atoms with Crippen LogP contribution in [0.15, 0.2) is 58.3 Å². The van der Waals surface area contributed by atoms with E-state index in [0.717, 1.165) is 29.1 Å². The van der Waals surface area contributed by atoms with E-state index in [9.17, 15) is 4.79 Å². The van der Waals surface area contributed by atoms with Gasteiger partial charge in [0.05, 0.1) is 12.0 Å². The van der Waals surface area contributed by atoms with Gasteiger partial charge in [0.15, 0.2) is 11.6 Å². The number of hydrogen-bond acceptors (Lipinski definition) is 4. The van der Waals surface area contributed by atoms with Crippen LogP contribution in [0.5, 0.6) is 0 Å². The number of carbonyl (C=O) groups excluding carboxylic acids is 1. The second-order valence-corrected chi connectivity index (χ2v) is 6.45. The number of nitrogens with one attached hydrogen (secondary N) is 1. The van der Waals surface area contributed by atoms with E-state index < -0.39 is 0 Å². The van der Waals surface area contributed by atoms with Gasteiger partial charge < -0.3 is 9.73 Å². The molecule has 0 radical (unpaired) electrons. The zero-order valence-electron chi connectivity index (χ0n) is 14.1. The van der Waals surface area contributed by atoms with E-state index in [0.29, 0.717) is 17.1 Å². The van der Waals surface area contributed by atoms with Gasteiger partial charge in [0.2, 0.25) is 0 Å². The van der Waals surface area contributed by atoms with E-state index in [-0.39, 0.29) is 11.7 Å². The van der Waals surface area contributed by atoms with Crippen LogP contribution in [-0.2, 0) is 12.8 Å². The van der Waals surface area contributed by atoms with Crippen molar-refractivity contribution >= 4 is 34.7 Å². The summed E-state index contributed by atoms with van der Waals surface area (Å²) in [5.74, 6) is 0.677. The Bertz CT molecular complexity index is 1010. The highest BCUT2D eigenvalue weighted by Crippen LogP contribution is 2.31. The number of amides is 1. The lowest BCUT2D eigenvalue weighted by Gasteiger charge is -2.08. The molecule has 0 spiro atoms. The fourth-order valence-corrected chi connectivity index (χ4v) is 3.13. The van der Waals surface area contributed by atoms with Crippen molar-refractivity contribution in [3.8, 4) is 0 Å². The maximum absolute atomic E-state index is 12.2. The van der Waals surface area contributed by atoms with E-state index in [2.05, 4.69) is 28.3 Å². The van der Waals surface area contributed by atoms with Crippen LogP contribution < -0.4 is 5.32 Å². The number of furan rings is 1. The van der Waals surface area contributed by atoms with Gasteiger partial charge >= 0.3 is 0 Å². The summed E-state index contributed by atoms with van der Waals surface area (Å²) in [6.45, 7) is 2.10. The van der Waals surface area contributed by atoms with Gasteiger partial charge in [0.1, 0.15) is 0 Å². The minimum atomic E-state index is -0.311. The Morgan fingerprint density at radius 3 is 2.96 bits per heavy atom. The molecule has 0 bridgehead atoms. The molecule has 0 unspecified atom stereocenters. The number of aromatic nitrogens is 1. The van der Waals surface area contributed by atoms with Crippen molar-refractivity contribution < 1.29 is 9.21 Å². The average Bonchev–Trinajstić information content (AvgIpc) is 3.32. The fourth-order valence-electron chi connectivity index (χ4n) is 2.90. The molecule has 3 aromatic rings. The molecule has 1 aliphatic rings. The summed E-state index contributed by atoms with van der Waals surface area (Å²) in [5.41, 5.74) is 4.55. The Balaban J connectivity index is 1.60. The van der Waals surface area contributed by atoms with E-state index in [1.54, 1.807) is 24.3 Å². The van der Waals surface area contributed by atoms with Gasteiger partial charge in [-0.2, -0.15) is 0 Å². The molecular formula is C20H16ClN3O2. The zero-order chi connectivity index (χ0) is 18.1. The van der Waals surface area contributed by atoms with Crippen LogP contribution in [-0.4, -0.2) is 16.6 Å². The average molecular weight is 366 g/mol. The van der Waals surface area contributed by atoms with E-state index >= 15 is 0 Å². The maximum Gasteiger partial charge on any atom is 0.291 e. The molecule has 26 heavy (non-hydrogen) atoms. The summed E-state index contributed by atoms with van der Waals surface area (Å²) in [6.07, 6.45) is 4.92. The van der Waals surface area contributed by atoms with Gasteiger partial charge in [-0.3, -0.25) is 4.79 Å². The maximum atomic E-state index is 12.2. The lowest BCUT2D eigenvalue weighted by Crippen LogP contribution is -2.11. The number of fused-ring (bicyclic) bond motifs is 1. The summed E-state index contributed by atoms with van der Waals surface area (Å²) < 4.78 is 5.12. The molecule has 1 N–H and O–H groups in total. The highest BCUT2D eigenvalue weighted by Gasteiger charge is 2.20. The Kier molecular flexibility index (Phi) is 4.31. The molecule has 130 valence electrons. The highest BCUT2D eigenvalue weighted by molar-refractivity contribution is 6.34. The SMILES string of the molecule is CCc1cnc2c(c1)CC(c1cc(NC(=O)c3ccco3)ccc1Cl)=N2. The summed E-state index contributed by atoms with van der Waals surface area (Å²) in [7, 11) is 0. The van der Waals surface area contributed by atoms with Gasteiger partial charge in [0, 0.05) is 34.5 Å². The van der Waals surface area contributed by atoms with E-state index in [1.165, 1.54) is 11.8 Å². The first kappa shape index (κ1) is 16.5. The molecule has 0 atom stereocenters. The molecular weight excluding hydrogens is 350 g/mol. The predicted molar refractivity (Wildman–Crippen MR) is 102 cm³/mol. The third kappa shape index (κ3) is 3.13. The quantitative estimate of drug-likeness (QED) is 0.720.